The van der Waals surface area contributed by atoms with Crippen molar-refractivity contribution in [3.05, 3.63) is 36.1 Å². The van der Waals surface area contributed by atoms with Crippen LogP contribution in [-0.4, -0.2) is 19.8 Å². The first-order valence-corrected chi connectivity index (χ1v) is 5.10. The van der Waals surface area contributed by atoms with Crippen molar-refractivity contribution in [2.45, 2.75) is 5.41 Å². The minimum Gasteiger partial charge on any atom is -0.464 e. The van der Waals surface area contributed by atoms with Gasteiger partial charge in [-0.15, -0.1) is 0 Å². The summed E-state index contributed by atoms with van der Waals surface area (Å²) in [5.74, 6) is 0. The number of benzene rings is 1. The monoisotopic (exact) mass is 203 g/mol. The van der Waals surface area contributed by atoms with Gasteiger partial charge in [0.05, 0.1) is 24.9 Å². The molecule has 0 radical (unpaired) electrons. The Kier molecular flexibility index (Phi) is 1.84. The largest absolute Gasteiger partial charge is 0.464 e. The van der Waals surface area contributed by atoms with Gasteiger partial charge in [-0.3, -0.25) is 0 Å². The molecule has 0 amide bonds. The molecule has 0 unspecified atom stereocenters. The summed E-state index contributed by atoms with van der Waals surface area (Å²) in [7, 11) is 0. The van der Waals surface area contributed by atoms with E-state index in [2.05, 4.69) is 6.07 Å². The molecule has 78 valence electrons. The van der Waals surface area contributed by atoms with Crippen LogP contribution in [0.25, 0.3) is 11.0 Å². The molecule has 0 aliphatic carbocycles. The Hall–Kier alpha value is -1.32. The number of hydrogen-bond donors (Lipinski definition) is 1. The number of fused-ring (bicyclic) bond motifs is 1. The zero-order chi connectivity index (χ0) is 10.3. The molecule has 1 fully saturated rings. The molecular weight excluding hydrogens is 190 g/mol. The molecule has 1 aliphatic rings. The van der Waals surface area contributed by atoms with Gasteiger partial charge in [0.2, 0.25) is 0 Å². The number of hydrogen-bond acceptors (Lipinski definition) is 3. The molecule has 15 heavy (non-hydrogen) atoms. The molecule has 0 bridgehead atoms. The molecule has 1 saturated heterocycles. The molecule has 2 heterocycles. The van der Waals surface area contributed by atoms with Crippen LogP contribution in [0.5, 0.6) is 0 Å². The first-order valence-electron chi connectivity index (χ1n) is 5.10. The van der Waals surface area contributed by atoms with Gasteiger partial charge in [0.15, 0.2) is 0 Å². The highest BCUT2D eigenvalue weighted by atomic mass is 16.5. The molecule has 0 atom stereocenters. The van der Waals surface area contributed by atoms with Crippen molar-refractivity contribution in [1.29, 1.82) is 0 Å². The lowest BCUT2D eigenvalue weighted by molar-refractivity contribution is -0.0546. The summed E-state index contributed by atoms with van der Waals surface area (Å²) in [5, 5.41) is 1.16. The van der Waals surface area contributed by atoms with Crippen molar-refractivity contribution in [3.63, 3.8) is 0 Å². The van der Waals surface area contributed by atoms with Gasteiger partial charge in [0.1, 0.15) is 5.58 Å². The van der Waals surface area contributed by atoms with E-state index < -0.39 is 0 Å². The lowest BCUT2D eigenvalue weighted by atomic mass is 9.79. The summed E-state index contributed by atoms with van der Waals surface area (Å²) in [6.45, 7) is 2.01. The van der Waals surface area contributed by atoms with Crippen LogP contribution >= 0.6 is 0 Å². The quantitative estimate of drug-likeness (QED) is 0.807. The first kappa shape index (κ1) is 8.95. The second-order valence-electron chi connectivity index (χ2n) is 4.12. The van der Waals surface area contributed by atoms with Crippen LogP contribution in [0.4, 0.5) is 0 Å². The number of furan rings is 1. The summed E-state index contributed by atoms with van der Waals surface area (Å²) in [6, 6.07) is 8.04. The summed E-state index contributed by atoms with van der Waals surface area (Å²) in [5.41, 5.74) is 7.92. The summed E-state index contributed by atoms with van der Waals surface area (Å²) in [6.07, 6.45) is 1.82. The van der Waals surface area contributed by atoms with Gasteiger partial charge < -0.3 is 14.9 Å². The van der Waals surface area contributed by atoms with Crippen LogP contribution in [0.1, 0.15) is 5.56 Å². The second-order valence-corrected chi connectivity index (χ2v) is 4.12. The summed E-state index contributed by atoms with van der Waals surface area (Å²) < 4.78 is 10.8. The maximum Gasteiger partial charge on any atom is 0.134 e. The van der Waals surface area contributed by atoms with E-state index in [-0.39, 0.29) is 5.41 Å². The molecule has 3 rings (SSSR count). The van der Waals surface area contributed by atoms with Crippen molar-refractivity contribution < 1.29 is 9.15 Å². The third-order valence-corrected chi connectivity index (χ3v) is 3.20. The van der Waals surface area contributed by atoms with Gasteiger partial charge in [0, 0.05) is 17.5 Å². The normalized spacial score (nSPS) is 19.0. The van der Waals surface area contributed by atoms with Gasteiger partial charge in [-0.2, -0.15) is 0 Å². The number of rotatable bonds is 2. The van der Waals surface area contributed by atoms with Crippen molar-refractivity contribution >= 4 is 11.0 Å². The molecule has 0 spiro atoms. The van der Waals surface area contributed by atoms with E-state index in [1.54, 1.807) is 0 Å². The summed E-state index contributed by atoms with van der Waals surface area (Å²) in [4.78, 5) is 0. The van der Waals surface area contributed by atoms with Crippen LogP contribution < -0.4 is 5.73 Å². The maximum absolute atomic E-state index is 5.83. The Bertz CT molecular complexity index is 480. The smallest absolute Gasteiger partial charge is 0.134 e. The van der Waals surface area contributed by atoms with Gasteiger partial charge in [0.25, 0.3) is 0 Å². The third-order valence-electron chi connectivity index (χ3n) is 3.20. The Labute approximate surface area is 87.8 Å². The summed E-state index contributed by atoms with van der Waals surface area (Å²) >= 11 is 0. The molecule has 1 aromatic heterocycles. The third kappa shape index (κ3) is 1.14. The van der Waals surface area contributed by atoms with Crippen molar-refractivity contribution in [3.8, 4) is 0 Å². The average molecular weight is 203 g/mol. The molecular formula is C12H13NO2. The van der Waals surface area contributed by atoms with Crippen LogP contribution in [0.3, 0.4) is 0 Å². The minimum absolute atomic E-state index is 0.0212. The molecule has 1 aromatic carbocycles. The Balaban J connectivity index is 2.18. The van der Waals surface area contributed by atoms with Crippen molar-refractivity contribution in [1.82, 2.24) is 0 Å². The molecule has 1 aliphatic heterocycles. The predicted molar refractivity (Wildman–Crippen MR) is 57.8 cm³/mol. The van der Waals surface area contributed by atoms with Crippen LogP contribution in [0.15, 0.2) is 34.9 Å². The fourth-order valence-electron chi connectivity index (χ4n) is 2.12. The van der Waals surface area contributed by atoms with Gasteiger partial charge in [-0.25, -0.2) is 0 Å². The lowest BCUT2D eigenvalue weighted by Gasteiger charge is -2.40. The predicted octanol–water partition coefficient (Wildman–Crippen LogP) is 1.66. The van der Waals surface area contributed by atoms with E-state index in [0.717, 1.165) is 11.0 Å². The first-order chi connectivity index (χ1) is 7.36. The zero-order valence-corrected chi connectivity index (χ0v) is 8.40. The lowest BCUT2D eigenvalue weighted by Crippen LogP contribution is -2.52. The van der Waals surface area contributed by atoms with Gasteiger partial charge in [-0.1, -0.05) is 18.2 Å². The second kappa shape index (κ2) is 3.08. The van der Waals surface area contributed by atoms with E-state index in [9.17, 15) is 0 Å². The van der Waals surface area contributed by atoms with E-state index in [1.165, 1.54) is 5.56 Å². The van der Waals surface area contributed by atoms with Crippen LogP contribution in [0, 0.1) is 0 Å². The van der Waals surface area contributed by atoms with Crippen LogP contribution in [0.2, 0.25) is 0 Å². The fraction of sp³-hybridized carbons (Fsp3) is 0.333. The number of nitrogens with two attached hydrogens (primary N) is 1. The average Bonchev–Trinajstić information content (AvgIpc) is 2.62. The molecule has 2 N–H and O–H groups in total. The van der Waals surface area contributed by atoms with Gasteiger partial charge in [-0.05, 0) is 6.07 Å². The zero-order valence-electron chi connectivity index (χ0n) is 8.40. The van der Waals surface area contributed by atoms with E-state index in [0.29, 0.717) is 19.8 Å². The van der Waals surface area contributed by atoms with Crippen LogP contribution in [-0.2, 0) is 10.2 Å². The van der Waals surface area contributed by atoms with Crippen molar-refractivity contribution in [2.24, 2.45) is 5.73 Å². The number of ether oxygens (including phenoxy) is 1. The Morgan fingerprint density at radius 1 is 1.27 bits per heavy atom. The molecule has 0 saturated carbocycles. The van der Waals surface area contributed by atoms with E-state index >= 15 is 0 Å². The standard InChI is InChI=1S/C12H13NO2/c13-6-12(7-14-8-12)10-5-15-11-4-2-1-3-9(10)11/h1-5H,6-8,13H2. The molecule has 2 aromatic rings. The fourth-order valence-corrected chi connectivity index (χ4v) is 2.12. The molecule has 3 nitrogen and oxygen atoms in total. The molecule has 3 heteroatoms. The SMILES string of the molecule is NCC1(c2coc3ccccc23)COC1. The maximum atomic E-state index is 5.83. The highest BCUT2D eigenvalue weighted by Gasteiger charge is 2.41. The number of para-hydroxylation sites is 1. The Morgan fingerprint density at radius 3 is 2.73 bits per heavy atom. The van der Waals surface area contributed by atoms with Gasteiger partial charge >= 0.3 is 0 Å². The highest BCUT2D eigenvalue weighted by Crippen LogP contribution is 2.36. The van der Waals surface area contributed by atoms with E-state index in [4.69, 9.17) is 14.9 Å². The minimum atomic E-state index is -0.0212. The Morgan fingerprint density at radius 2 is 2.07 bits per heavy atom. The highest BCUT2D eigenvalue weighted by molar-refractivity contribution is 5.82. The van der Waals surface area contributed by atoms with Crippen molar-refractivity contribution in [2.75, 3.05) is 19.8 Å². The van der Waals surface area contributed by atoms with E-state index in [1.807, 2.05) is 24.5 Å². The topological polar surface area (TPSA) is 48.4 Å².